The van der Waals surface area contributed by atoms with Crippen molar-refractivity contribution in [1.82, 2.24) is 14.5 Å². The van der Waals surface area contributed by atoms with Crippen LogP contribution in [0.1, 0.15) is 41.0 Å². The van der Waals surface area contributed by atoms with Crippen molar-refractivity contribution in [2.24, 2.45) is 0 Å². The second-order valence-electron chi connectivity index (χ2n) is 5.90. The average molecular weight is 367 g/mol. The van der Waals surface area contributed by atoms with Crippen LogP contribution in [0.15, 0.2) is 24.3 Å². The third-order valence-corrected chi connectivity index (χ3v) is 5.69. The van der Waals surface area contributed by atoms with E-state index < -0.39 is 21.8 Å². The summed E-state index contributed by atoms with van der Waals surface area (Å²) in [5, 5.41) is 0. The van der Waals surface area contributed by atoms with Crippen LogP contribution in [-0.2, 0) is 10.0 Å². The molecule has 2 rings (SSSR count). The summed E-state index contributed by atoms with van der Waals surface area (Å²) in [5.74, 6) is -1.15. The normalized spacial score (nSPS) is 14.4. The van der Waals surface area contributed by atoms with Crippen LogP contribution in [0.4, 0.5) is 0 Å². The number of imide groups is 1. The Morgan fingerprint density at radius 1 is 1.04 bits per heavy atom. The molecule has 0 atom stereocenters. The van der Waals surface area contributed by atoms with E-state index in [4.69, 9.17) is 0 Å². The number of carbonyl (C=O) groups excluding carboxylic acids is 2. The molecule has 1 aromatic rings. The summed E-state index contributed by atoms with van der Waals surface area (Å²) < 4.78 is 26.7. The summed E-state index contributed by atoms with van der Waals surface area (Å²) in [6, 6.07) is 6.52. The van der Waals surface area contributed by atoms with E-state index in [9.17, 15) is 18.0 Å². The smallest absolute Gasteiger partial charge is 0.261 e. The van der Waals surface area contributed by atoms with Crippen LogP contribution in [-0.4, -0.2) is 68.5 Å². The van der Waals surface area contributed by atoms with E-state index >= 15 is 0 Å². The Bertz CT molecular complexity index is 694. The number of rotatable bonds is 10. The minimum absolute atomic E-state index is 0.141. The highest BCUT2D eigenvalue weighted by Gasteiger charge is 2.35. The Balaban J connectivity index is 1.83. The average Bonchev–Trinajstić information content (AvgIpc) is 2.85. The highest BCUT2D eigenvalue weighted by molar-refractivity contribution is 7.89. The zero-order chi connectivity index (χ0) is 18.4. The predicted molar refractivity (Wildman–Crippen MR) is 96.0 cm³/mol. The molecular weight excluding hydrogens is 342 g/mol. The number of nitrogens with one attached hydrogen (secondary N) is 1. The lowest BCUT2D eigenvalue weighted by Crippen LogP contribution is -2.38. The SMILES string of the molecule is CCN(CC)CCCNS(=O)(=O)CCN1C(=O)c2ccccc2C1=O. The molecule has 0 radical (unpaired) electrons. The van der Waals surface area contributed by atoms with Crippen molar-refractivity contribution < 1.29 is 18.0 Å². The Kier molecular flexibility index (Phi) is 6.69. The zero-order valence-electron chi connectivity index (χ0n) is 14.7. The van der Waals surface area contributed by atoms with Crippen molar-refractivity contribution in [3.8, 4) is 0 Å². The molecule has 7 nitrogen and oxygen atoms in total. The zero-order valence-corrected chi connectivity index (χ0v) is 15.5. The maximum Gasteiger partial charge on any atom is 0.261 e. The minimum Gasteiger partial charge on any atom is -0.304 e. The van der Waals surface area contributed by atoms with Crippen LogP contribution in [0.25, 0.3) is 0 Å². The van der Waals surface area contributed by atoms with Crippen LogP contribution in [0, 0.1) is 0 Å². The second-order valence-corrected chi connectivity index (χ2v) is 7.83. The summed E-state index contributed by atoms with van der Waals surface area (Å²) in [6.45, 7) is 7.03. The van der Waals surface area contributed by atoms with Crippen molar-refractivity contribution >= 4 is 21.8 Å². The van der Waals surface area contributed by atoms with Gasteiger partial charge in [-0.15, -0.1) is 0 Å². The van der Waals surface area contributed by atoms with E-state index in [1.165, 1.54) is 0 Å². The van der Waals surface area contributed by atoms with Gasteiger partial charge >= 0.3 is 0 Å². The Labute approximate surface area is 149 Å². The number of hydrogen-bond acceptors (Lipinski definition) is 5. The first-order valence-electron chi connectivity index (χ1n) is 8.54. The topological polar surface area (TPSA) is 86.8 Å². The summed E-state index contributed by atoms with van der Waals surface area (Å²) in [5.41, 5.74) is 0.661. The third-order valence-electron chi connectivity index (χ3n) is 4.33. The first-order valence-corrected chi connectivity index (χ1v) is 10.2. The fourth-order valence-electron chi connectivity index (χ4n) is 2.80. The molecular formula is C17H25N3O4S. The molecule has 1 aromatic carbocycles. The Morgan fingerprint density at radius 3 is 2.12 bits per heavy atom. The van der Waals surface area contributed by atoms with Gasteiger partial charge in [0.15, 0.2) is 0 Å². The highest BCUT2D eigenvalue weighted by atomic mass is 32.2. The van der Waals surface area contributed by atoms with E-state index in [1.54, 1.807) is 24.3 Å². The fraction of sp³-hybridized carbons (Fsp3) is 0.529. The number of benzene rings is 1. The minimum atomic E-state index is -3.53. The monoisotopic (exact) mass is 367 g/mol. The molecule has 0 saturated carbocycles. The summed E-state index contributed by atoms with van der Waals surface area (Å²) in [4.78, 5) is 27.6. The van der Waals surface area contributed by atoms with Crippen molar-refractivity contribution in [2.75, 3.05) is 38.5 Å². The van der Waals surface area contributed by atoms with E-state index in [1.807, 2.05) is 0 Å². The molecule has 2 amide bonds. The van der Waals surface area contributed by atoms with Gasteiger partial charge in [-0.3, -0.25) is 14.5 Å². The van der Waals surface area contributed by atoms with Crippen LogP contribution < -0.4 is 4.72 Å². The quantitative estimate of drug-likeness (QED) is 0.491. The van der Waals surface area contributed by atoms with Gasteiger partial charge in [-0.1, -0.05) is 26.0 Å². The lowest BCUT2D eigenvalue weighted by Gasteiger charge is -2.18. The number of sulfonamides is 1. The standard InChI is InChI=1S/C17H25N3O4S/c1-3-19(4-2)11-7-10-18-25(23,24)13-12-20-16(21)14-8-5-6-9-15(14)17(20)22/h5-6,8-9,18H,3-4,7,10-13H2,1-2H3. The summed E-state index contributed by atoms with van der Waals surface area (Å²) >= 11 is 0. The molecule has 0 saturated heterocycles. The highest BCUT2D eigenvalue weighted by Crippen LogP contribution is 2.22. The summed E-state index contributed by atoms with van der Waals surface area (Å²) in [6.07, 6.45) is 0.716. The lowest BCUT2D eigenvalue weighted by atomic mass is 10.1. The Hall–Kier alpha value is -1.77. The van der Waals surface area contributed by atoms with Crippen LogP contribution in [0.3, 0.4) is 0 Å². The molecule has 8 heteroatoms. The van der Waals surface area contributed by atoms with Crippen molar-refractivity contribution in [3.63, 3.8) is 0 Å². The number of amides is 2. The number of carbonyl (C=O) groups is 2. The number of hydrogen-bond donors (Lipinski definition) is 1. The molecule has 138 valence electrons. The van der Waals surface area contributed by atoms with Gasteiger partial charge in [-0.2, -0.15) is 0 Å². The number of nitrogens with zero attached hydrogens (tertiary/aromatic N) is 2. The molecule has 0 aromatic heterocycles. The van der Waals surface area contributed by atoms with Crippen LogP contribution in [0.5, 0.6) is 0 Å². The molecule has 1 heterocycles. The van der Waals surface area contributed by atoms with Crippen LogP contribution >= 0.6 is 0 Å². The summed E-state index contributed by atoms with van der Waals surface area (Å²) in [7, 11) is -3.53. The number of fused-ring (bicyclic) bond motifs is 1. The van der Waals surface area contributed by atoms with E-state index in [0.717, 1.165) is 24.5 Å². The van der Waals surface area contributed by atoms with Gasteiger partial charge in [0.25, 0.3) is 11.8 Å². The fourth-order valence-corrected chi connectivity index (χ4v) is 3.82. The largest absolute Gasteiger partial charge is 0.304 e. The van der Waals surface area contributed by atoms with Gasteiger partial charge in [-0.25, -0.2) is 13.1 Å². The van der Waals surface area contributed by atoms with Gasteiger partial charge in [0, 0.05) is 13.1 Å². The molecule has 0 aliphatic carbocycles. The predicted octanol–water partition coefficient (Wildman–Crippen LogP) is 0.934. The molecule has 25 heavy (non-hydrogen) atoms. The molecule has 0 unspecified atom stereocenters. The molecule has 0 spiro atoms. The van der Waals surface area contributed by atoms with Crippen molar-refractivity contribution in [2.45, 2.75) is 20.3 Å². The van der Waals surface area contributed by atoms with Gasteiger partial charge in [0.2, 0.25) is 10.0 Å². The van der Waals surface area contributed by atoms with E-state index in [2.05, 4.69) is 23.5 Å². The maximum atomic E-state index is 12.2. The maximum absolute atomic E-state index is 12.2. The molecule has 0 fully saturated rings. The van der Waals surface area contributed by atoms with Crippen molar-refractivity contribution in [3.05, 3.63) is 35.4 Å². The van der Waals surface area contributed by atoms with Gasteiger partial charge < -0.3 is 4.90 Å². The van der Waals surface area contributed by atoms with Gasteiger partial charge in [0.1, 0.15) is 0 Å². The molecule has 1 aliphatic heterocycles. The first-order chi connectivity index (χ1) is 11.9. The third kappa shape index (κ3) is 4.87. The van der Waals surface area contributed by atoms with E-state index in [-0.39, 0.29) is 12.3 Å². The molecule has 1 aliphatic rings. The lowest BCUT2D eigenvalue weighted by molar-refractivity contribution is 0.0664. The van der Waals surface area contributed by atoms with E-state index in [0.29, 0.717) is 24.1 Å². The van der Waals surface area contributed by atoms with Crippen LogP contribution in [0.2, 0.25) is 0 Å². The van der Waals surface area contributed by atoms with Gasteiger partial charge in [0.05, 0.1) is 16.9 Å². The first kappa shape index (κ1) is 19.6. The molecule has 1 N–H and O–H groups in total. The van der Waals surface area contributed by atoms with Gasteiger partial charge in [-0.05, 0) is 38.2 Å². The van der Waals surface area contributed by atoms with Crippen molar-refractivity contribution in [1.29, 1.82) is 0 Å². The Morgan fingerprint density at radius 2 is 1.60 bits per heavy atom. The molecule has 0 bridgehead atoms. The second kappa shape index (κ2) is 8.55.